The summed E-state index contributed by atoms with van der Waals surface area (Å²) in [6, 6.07) is 13.3. The number of nitrogens with one attached hydrogen (secondary N) is 2. The molecule has 0 atom stereocenters. The predicted molar refractivity (Wildman–Crippen MR) is 96.9 cm³/mol. The molecule has 0 unspecified atom stereocenters. The molecule has 2 aromatic heterocycles. The van der Waals surface area contributed by atoms with Gasteiger partial charge in [-0.15, -0.1) is 0 Å². The van der Waals surface area contributed by atoms with Gasteiger partial charge in [-0.25, -0.2) is 8.78 Å². The summed E-state index contributed by atoms with van der Waals surface area (Å²) in [7, 11) is 0. The van der Waals surface area contributed by atoms with Gasteiger partial charge in [-0.1, -0.05) is 24.3 Å². The molecule has 0 aliphatic carbocycles. The van der Waals surface area contributed by atoms with Crippen molar-refractivity contribution in [3.63, 3.8) is 0 Å². The molecule has 2 heterocycles. The zero-order valence-electron chi connectivity index (χ0n) is 13.7. The fraction of sp³-hybridized carbons (Fsp3) is 0.100. The van der Waals surface area contributed by atoms with E-state index in [9.17, 15) is 13.6 Å². The number of carbonyl (C=O) groups is 1. The molecule has 6 heteroatoms. The summed E-state index contributed by atoms with van der Waals surface area (Å²) in [5.41, 5.74) is 2.27. The summed E-state index contributed by atoms with van der Waals surface area (Å²) in [6.45, 7) is 0. The van der Waals surface area contributed by atoms with Gasteiger partial charge in [0.15, 0.2) is 0 Å². The van der Waals surface area contributed by atoms with Gasteiger partial charge in [0.05, 0.1) is 11.7 Å². The second-order valence-corrected chi connectivity index (χ2v) is 6.04. The number of halogens is 2. The number of hydrogen-bond acceptors (Lipinski definition) is 2. The molecule has 0 aliphatic heterocycles. The molecule has 4 aromatic rings. The van der Waals surface area contributed by atoms with Crippen molar-refractivity contribution >= 4 is 33.4 Å². The lowest BCUT2D eigenvalue weighted by Gasteiger charge is -2.07. The lowest BCUT2D eigenvalue weighted by Crippen LogP contribution is -2.15. The van der Waals surface area contributed by atoms with Gasteiger partial charge in [-0.05, 0) is 30.7 Å². The molecule has 0 bridgehead atoms. The number of benzene rings is 2. The SMILES string of the molecule is O=C(CCc1cc2c(cn1)[nH]c1ccccc12)Nc1c(F)cccc1F. The first-order valence-electron chi connectivity index (χ1n) is 8.21. The molecule has 130 valence electrons. The first-order chi connectivity index (χ1) is 12.6. The van der Waals surface area contributed by atoms with Crippen molar-refractivity contribution in [1.29, 1.82) is 0 Å². The summed E-state index contributed by atoms with van der Waals surface area (Å²) in [6.07, 6.45) is 2.19. The number of para-hydroxylation sites is 2. The van der Waals surface area contributed by atoms with Crippen molar-refractivity contribution in [2.75, 3.05) is 5.32 Å². The molecule has 4 nitrogen and oxygen atoms in total. The molecule has 0 saturated heterocycles. The molecule has 1 amide bonds. The number of aryl methyl sites for hydroxylation is 1. The first-order valence-corrected chi connectivity index (χ1v) is 8.21. The molecule has 4 rings (SSSR count). The van der Waals surface area contributed by atoms with Crippen LogP contribution in [-0.2, 0) is 11.2 Å². The predicted octanol–water partition coefficient (Wildman–Crippen LogP) is 4.57. The highest BCUT2D eigenvalue weighted by Gasteiger charge is 2.12. The van der Waals surface area contributed by atoms with E-state index < -0.39 is 23.2 Å². The Morgan fingerprint density at radius 3 is 2.58 bits per heavy atom. The molecule has 0 radical (unpaired) electrons. The smallest absolute Gasteiger partial charge is 0.224 e. The van der Waals surface area contributed by atoms with E-state index >= 15 is 0 Å². The number of anilines is 1. The fourth-order valence-electron chi connectivity index (χ4n) is 2.99. The lowest BCUT2D eigenvalue weighted by molar-refractivity contribution is -0.116. The van der Waals surface area contributed by atoms with Crippen molar-refractivity contribution in [3.05, 3.63) is 72.1 Å². The third-order valence-electron chi connectivity index (χ3n) is 4.28. The van der Waals surface area contributed by atoms with Crippen LogP contribution < -0.4 is 5.32 Å². The standard InChI is InChI=1S/C20H15F2N3O/c21-15-5-3-6-16(22)20(15)25-19(26)9-8-12-10-14-13-4-1-2-7-17(13)24-18(14)11-23-12/h1-7,10-11,24H,8-9H2,(H,25,26). The minimum Gasteiger partial charge on any atom is -0.353 e. The molecule has 0 fully saturated rings. The number of H-pyrrole nitrogens is 1. The zero-order chi connectivity index (χ0) is 18.1. The summed E-state index contributed by atoms with van der Waals surface area (Å²) < 4.78 is 27.2. The van der Waals surface area contributed by atoms with E-state index in [1.807, 2.05) is 30.3 Å². The van der Waals surface area contributed by atoms with Crippen LogP contribution in [0.2, 0.25) is 0 Å². The van der Waals surface area contributed by atoms with Gasteiger partial charge in [-0.3, -0.25) is 9.78 Å². The number of rotatable bonds is 4. The third kappa shape index (κ3) is 3.01. The van der Waals surface area contributed by atoms with Gasteiger partial charge in [0, 0.05) is 28.4 Å². The molecule has 26 heavy (non-hydrogen) atoms. The Kier molecular flexibility index (Phi) is 4.08. The van der Waals surface area contributed by atoms with Crippen molar-refractivity contribution in [2.45, 2.75) is 12.8 Å². The Bertz CT molecular complexity index is 1100. The van der Waals surface area contributed by atoms with E-state index in [0.29, 0.717) is 6.42 Å². The van der Waals surface area contributed by atoms with Crippen molar-refractivity contribution < 1.29 is 13.6 Å². The largest absolute Gasteiger partial charge is 0.353 e. The van der Waals surface area contributed by atoms with Crippen LogP contribution in [0.4, 0.5) is 14.5 Å². The van der Waals surface area contributed by atoms with Gasteiger partial charge in [-0.2, -0.15) is 0 Å². The normalized spacial score (nSPS) is 11.2. The van der Waals surface area contributed by atoms with E-state index in [-0.39, 0.29) is 6.42 Å². The number of hydrogen-bond donors (Lipinski definition) is 2. The maximum Gasteiger partial charge on any atom is 0.224 e. The average Bonchev–Trinajstić information content (AvgIpc) is 3.01. The number of fused-ring (bicyclic) bond motifs is 3. The third-order valence-corrected chi connectivity index (χ3v) is 4.28. The van der Waals surface area contributed by atoms with E-state index in [1.54, 1.807) is 6.20 Å². The Labute approximate surface area is 147 Å². The van der Waals surface area contributed by atoms with Gasteiger partial charge in [0.25, 0.3) is 0 Å². The van der Waals surface area contributed by atoms with Crippen LogP contribution in [0.3, 0.4) is 0 Å². The number of aromatic nitrogens is 2. The zero-order valence-corrected chi connectivity index (χ0v) is 13.7. The number of pyridine rings is 1. The van der Waals surface area contributed by atoms with E-state index in [2.05, 4.69) is 15.3 Å². The molecule has 0 aliphatic rings. The molecule has 0 saturated carbocycles. The summed E-state index contributed by atoms with van der Waals surface area (Å²) in [4.78, 5) is 19.7. The van der Waals surface area contributed by atoms with E-state index in [1.165, 1.54) is 6.07 Å². The van der Waals surface area contributed by atoms with Crippen LogP contribution in [0.15, 0.2) is 54.7 Å². The molecule has 2 N–H and O–H groups in total. The number of nitrogens with zero attached hydrogens (tertiary/aromatic N) is 1. The van der Waals surface area contributed by atoms with Crippen molar-refractivity contribution in [2.24, 2.45) is 0 Å². The van der Waals surface area contributed by atoms with Crippen LogP contribution in [0.25, 0.3) is 21.8 Å². The molecule has 2 aromatic carbocycles. The number of carbonyl (C=O) groups excluding carboxylic acids is 1. The fourth-order valence-corrected chi connectivity index (χ4v) is 2.99. The molecular formula is C20H15F2N3O. The average molecular weight is 351 g/mol. The minimum absolute atomic E-state index is 0.0780. The number of aromatic amines is 1. The van der Waals surface area contributed by atoms with Gasteiger partial charge < -0.3 is 10.3 Å². The molecular weight excluding hydrogens is 336 g/mol. The highest BCUT2D eigenvalue weighted by molar-refractivity contribution is 6.07. The Morgan fingerprint density at radius 1 is 1.00 bits per heavy atom. The Balaban J connectivity index is 1.50. The van der Waals surface area contributed by atoms with Crippen LogP contribution in [0, 0.1) is 11.6 Å². The van der Waals surface area contributed by atoms with Crippen molar-refractivity contribution in [1.82, 2.24) is 9.97 Å². The highest BCUT2D eigenvalue weighted by Crippen LogP contribution is 2.25. The lowest BCUT2D eigenvalue weighted by atomic mass is 10.1. The number of amides is 1. The first kappa shape index (κ1) is 16.2. The van der Waals surface area contributed by atoms with Gasteiger partial charge >= 0.3 is 0 Å². The summed E-state index contributed by atoms with van der Waals surface area (Å²) >= 11 is 0. The topological polar surface area (TPSA) is 57.8 Å². The maximum absolute atomic E-state index is 13.6. The monoisotopic (exact) mass is 351 g/mol. The van der Waals surface area contributed by atoms with Crippen LogP contribution in [0.5, 0.6) is 0 Å². The van der Waals surface area contributed by atoms with Gasteiger partial charge in [0.1, 0.15) is 17.3 Å². The molecule has 0 spiro atoms. The van der Waals surface area contributed by atoms with E-state index in [0.717, 1.165) is 39.6 Å². The van der Waals surface area contributed by atoms with Crippen LogP contribution in [0.1, 0.15) is 12.1 Å². The quantitative estimate of drug-likeness (QED) is 0.566. The van der Waals surface area contributed by atoms with E-state index in [4.69, 9.17) is 0 Å². The highest BCUT2D eigenvalue weighted by atomic mass is 19.1. The maximum atomic E-state index is 13.6. The minimum atomic E-state index is -0.795. The van der Waals surface area contributed by atoms with Crippen LogP contribution >= 0.6 is 0 Å². The second-order valence-electron chi connectivity index (χ2n) is 6.04. The Morgan fingerprint density at radius 2 is 1.77 bits per heavy atom. The van der Waals surface area contributed by atoms with Crippen molar-refractivity contribution in [3.8, 4) is 0 Å². The van der Waals surface area contributed by atoms with Crippen LogP contribution in [-0.4, -0.2) is 15.9 Å². The van der Waals surface area contributed by atoms with Gasteiger partial charge in [0.2, 0.25) is 5.91 Å². The second kappa shape index (κ2) is 6.55. The summed E-state index contributed by atoms with van der Waals surface area (Å²) in [5.74, 6) is -2.05. The summed E-state index contributed by atoms with van der Waals surface area (Å²) in [5, 5.41) is 4.41. The Hall–Kier alpha value is -3.28.